The minimum absolute atomic E-state index is 0.0148. The Kier molecular flexibility index (Phi) is 39.0. The summed E-state index contributed by atoms with van der Waals surface area (Å²) < 4.78 is 34.5. The number of carbonyl (C=O) groups is 15. The zero-order chi connectivity index (χ0) is 108. The van der Waals surface area contributed by atoms with Crippen LogP contribution in [0.15, 0.2) is 78.9 Å². The van der Waals surface area contributed by atoms with Crippen molar-refractivity contribution in [1.29, 1.82) is 0 Å². The lowest BCUT2D eigenvalue weighted by molar-refractivity contribution is -0.158. The zero-order valence-electron chi connectivity index (χ0n) is 88.8. The number of carbonyl (C=O) groups excluding carboxylic acids is 15. The van der Waals surface area contributed by atoms with Gasteiger partial charge in [-0.25, -0.2) is 33.6 Å². The van der Waals surface area contributed by atoms with Gasteiger partial charge in [0.05, 0.1) is 39.7 Å². The second kappa shape index (κ2) is 49.4. The number of rotatable bonds is 30. The molecule has 792 valence electrons. The van der Waals surface area contributed by atoms with Gasteiger partial charge < -0.3 is 108 Å². The molecule has 0 atom stereocenters. The van der Waals surface area contributed by atoms with E-state index in [9.17, 15) is 38.4 Å². The summed E-state index contributed by atoms with van der Waals surface area (Å²) in [5, 5.41) is 49.8. The number of esters is 6. The van der Waals surface area contributed by atoms with Crippen LogP contribution >= 0.6 is 0 Å². The van der Waals surface area contributed by atoms with E-state index < -0.39 is 134 Å². The van der Waals surface area contributed by atoms with E-state index in [-0.39, 0.29) is 206 Å². The number of aromatic nitrogens is 3. The Labute approximate surface area is 853 Å². The molecule has 3 aliphatic heterocycles. The molecule has 14 amide bonds. The minimum Gasteiger partial charge on any atom is -0.460 e. The first-order valence-electron chi connectivity index (χ1n) is 49.9. The van der Waals surface area contributed by atoms with Crippen LogP contribution in [0.25, 0.3) is 11.0 Å². The number of ether oxygens (including phenoxy) is 6. The summed E-state index contributed by atoms with van der Waals surface area (Å²) in [7, 11) is 0. The number of fused-ring (bicyclic) bond motifs is 19. The highest BCUT2D eigenvalue weighted by atomic mass is 16.7. The van der Waals surface area contributed by atoms with E-state index in [4.69, 9.17) is 33.3 Å². The number of benzene rings is 6. The quantitative estimate of drug-likeness (QED) is 0.0113. The highest BCUT2D eigenvalue weighted by molar-refractivity contribution is 6.06. The molecule has 4 heterocycles. The number of para-hydroxylation sites is 1. The number of hydrogen-bond donors (Lipinski definition) is 14. The van der Waals surface area contributed by atoms with E-state index in [1.165, 1.54) is 54.6 Å². The van der Waals surface area contributed by atoms with Crippen LogP contribution < -0.4 is 79.3 Å². The molecule has 0 unspecified atom stereocenters. The van der Waals surface area contributed by atoms with Crippen molar-refractivity contribution in [2.45, 2.75) is 366 Å². The summed E-state index contributed by atoms with van der Waals surface area (Å²) in [5.41, 5.74) is -1.53. The third kappa shape index (κ3) is 34.1. The van der Waals surface area contributed by atoms with Gasteiger partial charge in [0.25, 0.3) is 11.8 Å². The third-order valence-electron chi connectivity index (χ3n) is 24.0. The van der Waals surface area contributed by atoms with Gasteiger partial charge in [-0.2, -0.15) is 0 Å². The van der Waals surface area contributed by atoms with Gasteiger partial charge >= 0.3 is 78.0 Å². The van der Waals surface area contributed by atoms with E-state index in [2.05, 4.69) is 84.7 Å². The Morgan fingerprint density at radius 1 is 0.301 bits per heavy atom. The van der Waals surface area contributed by atoms with Gasteiger partial charge in [-0.15, -0.1) is 5.10 Å². The fourth-order valence-electron chi connectivity index (χ4n) is 17.9. The molecule has 39 nitrogen and oxygen atoms in total. The smallest absolute Gasteiger partial charge is 0.365 e. The first-order chi connectivity index (χ1) is 68.3. The van der Waals surface area contributed by atoms with Crippen molar-refractivity contribution in [2.75, 3.05) is 31.9 Å². The van der Waals surface area contributed by atoms with Crippen LogP contribution in [0.4, 0.5) is 62.9 Å². The summed E-state index contributed by atoms with van der Waals surface area (Å²) in [6, 6.07) is 14.0. The molecule has 0 saturated carbocycles. The monoisotopic (exact) mass is 2020 g/mol. The summed E-state index contributed by atoms with van der Waals surface area (Å²) in [4.78, 5) is 226. The Hall–Kier alpha value is -14.4. The Bertz CT molecular complexity index is 5620. The maximum atomic E-state index is 15.6. The molecule has 1 aromatic heterocycles. The van der Waals surface area contributed by atoms with Crippen molar-refractivity contribution in [3.8, 4) is 0 Å². The molecule has 0 aliphatic carbocycles. The summed E-state index contributed by atoms with van der Waals surface area (Å²) >= 11 is 0. The fraction of sp³-hybridized carbons (Fsp3) is 0.523. The lowest BCUT2D eigenvalue weighted by Gasteiger charge is -2.36. The van der Waals surface area contributed by atoms with E-state index >= 15 is 33.6 Å². The number of hydrogen-bond acceptors (Lipinski definition) is 24. The van der Waals surface area contributed by atoms with Crippen LogP contribution in [0, 0.1) is 0 Å². The van der Waals surface area contributed by atoms with Crippen LogP contribution in [0.2, 0.25) is 0 Å². The van der Waals surface area contributed by atoms with Crippen molar-refractivity contribution in [3.05, 3.63) is 162 Å². The predicted molar refractivity (Wildman–Crippen MR) is 553 cm³/mol. The van der Waals surface area contributed by atoms with Crippen molar-refractivity contribution in [3.63, 3.8) is 0 Å². The molecule has 0 saturated heterocycles. The summed E-state index contributed by atoms with van der Waals surface area (Å²) in [6.07, 6.45) is -1.19. The Balaban J connectivity index is 1.26. The van der Waals surface area contributed by atoms with Crippen molar-refractivity contribution < 1.29 is 105 Å². The number of anilines is 6. The van der Waals surface area contributed by atoms with Gasteiger partial charge in [0.2, 0.25) is 0 Å². The zero-order valence-corrected chi connectivity index (χ0v) is 88.8. The fourth-order valence-corrected chi connectivity index (χ4v) is 17.9. The molecule has 6 bridgehead atoms. The van der Waals surface area contributed by atoms with Gasteiger partial charge in [0.15, 0.2) is 0 Å². The summed E-state index contributed by atoms with van der Waals surface area (Å²) in [5.74, 6) is -6.38. The molecule has 0 spiro atoms. The van der Waals surface area contributed by atoms with Gasteiger partial charge in [0, 0.05) is 100.0 Å². The second-order valence-corrected chi connectivity index (χ2v) is 42.3. The van der Waals surface area contributed by atoms with Gasteiger partial charge in [-0.05, 0) is 340 Å². The molecule has 0 radical (unpaired) electrons. The third-order valence-corrected chi connectivity index (χ3v) is 24.0. The van der Waals surface area contributed by atoms with E-state index in [0.29, 0.717) is 77.8 Å². The number of nitrogens with one attached hydrogen (secondary N) is 14. The average Bonchev–Trinajstić information content (AvgIpc) is 0.902. The maximum Gasteiger partial charge on any atom is 0.365 e. The number of urea groups is 6. The van der Waals surface area contributed by atoms with Crippen molar-refractivity contribution >= 4 is 135 Å². The maximum absolute atomic E-state index is 15.6. The van der Waals surface area contributed by atoms with Crippen LogP contribution in [-0.4, -0.2) is 150 Å². The molecule has 39 heteroatoms. The van der Waals surface area contributed by atoms with Crippen LogP contribution in [0.5, 0.6) is 0 Å². The largest absolute Gasteiger partial charge is 0.460 e. The highest BCUT2D eigenvalue weighted by Crippen LogP contribution is 2.39. The molecule has 3 aliphatic rings. The molecular formula is C107H147N17O22. The van der Waals surface area contributed by atoms with Crippen LogP contribution in [-0.2, 0) is 135 Å². The summed E-state index contributed by atoms with van der Waals surface area (Å²) in [6.45, 7) is 40.2. The molecule has 10 rings (SSSR count). The molecule has 6 aromatic carbocycles. The lowest BCUT2D eigenvalue weighted by atomic mass is 9.83. The molecule has 14 N–H and O–H groups in total. The first kappa shape index (κ1) is 115. The average molecular weight is 2020 g/mol. The van der Waals surface area contributed by atoms with Gasteiger partial charge in [0.1, 0.15) is 44.6 Å². The SMILES string of the molecule is CCc1c2c(CC)c3c(CC)c1CNC(=O)Nc1ccc(C(=O)NC(CCC(=O)OC(C)(C)C)(CCC(=O)OC(C)(C)C)CCC(=O)OC(C)(C)C)cc1NC(=O)NCc1c(CC)c(c(CC)c(c1CC)CNC(=O)Nc1cc(C(=O)On4nnc5ccccc54)ccc1NC(=O)NC3)CNC(=O)Nc1cc(C(=O)NC(CCC(=O)OC(C)(C)C)(CCC(=O)OC(C)(C)C)CCC(=O)OC(C)(C)C)ccc1NC(=O)NC2. The van der Waals surface area contributed by atoms with Gasteiger partial charge in [-0.1, -0.05) is 58.5 Å². The standard InChI is InChI=1S/C107H147N17O22/c1-25-65-71-56-108-94(134)114-77-38-35-62(91(131)120-106(47-41-85(125)140-100(7,8)9,48-42-86(126)141-101(10,11)12)49-43-87(127)142-102(13,14)15)53-81(77)117-97(137)111-59-74-68(28-4)75-60-112-98(138)118-82-54-63(92(132)121-107(50-44-88(128)143-103(16,17)18,51-45-89(129)144-104(19,20)21)52-46-90(130)145-105(22,23)24)36-39-78(82)115-95(135)109-57-72(65)67(27-3)73(66(71)26-2)58-110-96(136)116-79-40-37-64(93(133)146-124-84-34-32-31-33-80(84)122-123-124)55-83(79)119-99(139)113-61-76(69(74)29-5)70(75)30-6/h31-40,53-55H,25-30,41-52,56-61H2,1-24H3,(H,120,131)(H,121,132)(H2,108,114,134)(H2,109,115,135)(H2,110,116,136)(H2,111,117,137)(H2,112,118,138)(H2,113,119,139). The topological polar surface area (TPSA) is 520 Å². The van der Waals surface area contributed by atoms with Gasteiger partial charge in [-0.3, -0.25) is 38.4 Å². The molecule has 7 aromatic rings. The van der Waals surface area contributed by atoms with E-state index in [1.807, 2.05) is 41.5 Å². The van der Waals surface area contributed by atoms with Crippen molar-refractivity contribution in [1.82, 2.24) is 57.7 Å². The molecular weight excluding hydrogens is 1880 g/mol. The molecule has 0 fully saturated rings. The first-order valence-corrected chi connectivity index (χ1v) is 49.9. The Morgan fingerprint density at radius 2 is 0.521 bits per heavy atom. The van der Waals surface area contributed by atoms with Crippen molar-refractivity contribution in [2.24, 2.45) is 0 Å². The van der Waals surface area contributed by atoms with Crippen LogP contribution in [0.3, 0.4) is 0 Å². The second-order valence-electron chi connectivity index (χ2n) is 42.3. The number of nitrogens with zero attached hydrogens (tertiary/aromatic N) is 3. The molecule has 146 heavy (non-hydrogen) atoms. The normalized spacial score (nSPS) is 14.0. The highest BCUT2D eigenvalue weighted by Gasteiger charge is 2.41. The minimum atomic E-state index is -1.55. The predicted octanol–water partition coefficient (Wildman–Crippen LogP) is 17.3. The lowest BCUT2D eigenvalue weighted by Crippen LogP contribution is -2.50. The Morgan fingerprint density at radius 3 is 0.753 bits per heavy atom. The van der Waals surface area contributed by atoms with Crippen LogP contribution in [0.1, 0.15) is 341 Å². The number of amides is 14. The van der Waals surface area contributed by atoms with E-state index in [1.54, 1.807) is 149 Å². The van der Waals surface area contributed by atoms with E-state index in [0.717, 1.165) is 4.85 Å².